The molecule has 0 spiro atoms. The second-order valence-corrected chi connectivity index (χ2v) is 4.39. The van der Waals surface area contributed by atoms with E-state index in [0.717, 1.165) is 0 Å². The van der Waals surface area contributed by atoms with Crippen molar-refractivity contribution < 1.29 is 0 Å². The van der Waals surface area contributed by atoms with Crippen molar-refractivity contribution in [2.75, 3.05) is 0 Å². The van der Waals surface area contributed by atoms with Crippen molar-refractivity contribution in [1.29, 1.82) is 0 Å². The number of halogens is 1. The summed E-state index contributed by atoms with van der Waals surface area (Å²) in [6, 6.07) is 12.5. The second kappa shape index (κ2) is 5.31. The van der Waals surface area contributed by atoms with Crippen LogP contribution in [0, 0.1) is 6.92 Å². The van der Waals surface area contributed by atoms with Crippen LogP contribution in [0.15, 0.2) is 41.8 Å². The van der Waals surface area contributed by atoms with Gasteiger partial charge in [0, 0.05) is 4.88 Å². The zero-order chi connectivity index (χ0) is 9.97. The van der Waals surface area contributed by atoms with Gasteiger partial charge in [-0.05, 0) is 23.9 Å². The van der Waals surface area contributed by atoms with E-state index in [1.165, 1.54) is 16.0 Å². The Labute approximate surface area is 100 Å². The van der Waals surface area contributed by atoms with E-state index in [4.69, 9.17) is 5.73 Å². The summed E-state index contributed by atoms with van der Waals surface area (Å²) in [5.41, 5.74) is 8.59. The largest absolute Gasteiger partial charge is 0.320 e. The van der Waals surface area contributed by atoms with Gasteiger partial charge in [0.25, 0.3) is 0 Å². The van der Waals surface area contributed by atoms with Crippen LogP contribution in [0.3, 0.4) is 0 Å². The van der Waals surface area contributed by atoms with Crippen LogP contribution in [0.2, 0.25) is 0 Å². The lowest BCUT2D eigenvalue weighted by Gasteiger charge is -2.10. The normalized spacial score (nSPS) is 11.9. The van der Waals surface area contributed by atoms with Gasteiger partial charge in [-0.2, -0.15) is 0 Å². The summed E-state index contributed by atoms with van der Waals surface area (Å²) >= 11 is 1.71. The Bertz CT molecular complexity index is 411. The van der Waals surface area contributed by atoms with Gasteiger partial charge in [0.05, 0.1) is 6.04 Å². The molecule has 0 saturated heterocycles. The number of nitrogens with two attached hydrogens (primary N) is 1. The van der Waals surface area contributed by atoms with Gasteiger partial charge >= 0.3 is 0 Å². The van der Waals surface area contributed by atoms with E-state index < -0.39 is 0 Å². The fourth-order valence-electron chi connectivity index (χ4n) is 1.50. The Morgan fingerprint density at radius 1 is 1.20 bits per heavy atom. The first kappa shape index (κ1) is 12.2. The lowest BCUT2D eigenvalue weighted by Crippen LogP contribution is -2.09. The molecule has 0 aliphatic heterocycles. The molecule has 1 aromatic carbocycles. The minimum absolute atomic E-state index is 0. The summed E-state index contributed by atoms with van der Waals surface area (Å²) in [7, 11) is 0. The predicted octanol–water partition coefficient (Wildman–Crippen LogP) is 3.53. The molecule has 2 aromatic rings. The molecule has 0 aliphatic carbocycles. The molecule has 1 unspecified atom stereocenters. The summed E-state index contributed by atoms with van der Waals surface area (Å²) in [5, 5.41) is 2.06. The summed E-state index contributed by atoms with van der Waals surface area (Å²) in [6.07, 6.45) is 0. The van der Waals surface area contributed by atoms with E-state index in [2.05, 4.69) is 42.6 Å². The molecule has 1 aromatic heterocycles. The number of aryl methyl sites for hydroxylation is 1. The quantitative estimate of drug-likeness (QED) is 0.853. The molecule has 0 saturated carbocycles. The fraction of sp³-hybridized carbons (Fsp3) is 0.167. The van der Waals surface area contributed by atoms with Gasteiger partial charge in [0.15, 0.2) is 0 Å². The van der Waals surface area contributed by atoms with Gasteiger partial charge in [-0.15, -0.1) is 23.7 Å². The Balaban J connectivity index is 0.00000112. The van der Waals surface area contributed by atoms with Crippen molar-refractivity contribution in [3.05, 3.63) is 57.8 Å². The molecule has 1 nitrogen and oxygen atoms in total. The van der Waals surface area contributed by atoms with E-state index in [1.54, 1.807) is 11.3 Å². The van der Waals surface area contributed by atoms with Crippen LogP contribution in [0.1, 0.15) is 22.0 Å². The standard InChI is InChI=1S/C12H13NS.ClH/c1-9-4-2-5-10(8-9)12(13)11-6-3-7-14-11;/h2-8,12H,13H2,1H3;1H. The zero-order valence-corrected chi connectivity index (χ0v) is 10.1. The maximum absolute atomic E-state index is 6.14. The van der Waals surface area contributed by atoms with Gasteiger partial charge in [0.2, 0.25) is 0 Å². The van der Waals surface area contributed by atoms with Crippen molar-refractivity contribution in [3.63, 3.8) is 0 Å². The maximum atomic E-state index is 6.14. The van der Waals surface area contributed by atoms with Crippen molar-refractivity contribution in [2.24, 2.45) is 5.73 Å². The van der Waals surface area contributed by atoms with Crippen LogP contribution < -0.4 is 5.73 Å². The molecule has 0 aliphatic rings. The molecule has 0 bridgehead atoms. The third kappa shape index (κ3) is 2.81. The maximum Gasteiger partial charge on any atom is 0.0646 e. The number of hydrogen-bond donors (Lipinski definition) is 1. The highest BCUT2D eigenvalue weighted by atomic mass is 35.5. The first-order chi connectivity index (χ1) is 6.77. The molecule has 15 heavy (non-hydrogen) atoms. The summed E-state index contributed by atoms with van der Waals surface area (Å²) in [5.74, 6) is 0. The molecule has 2 rings (SSSR count). The van der Waals surface area contributed by atoms with Crippen LogP contribution in [-0.4, -0.2) is 0 Å². The minimum atomic E-state index is 0. The Morgan fingerprint density at radius 2 is 2.00 bits per heavy atom. The number of benzene rings is 1. The molecule has 0 radical (unpaired) electrons. The monoisotopic (exact) mass is 239 g/mol. The van der Waals surface area contributed by atoms with E-state index >= 15 is 0 Å². The molecule has 1 atom stereocenters. The average molecular weight is 240 g/mol. The number of hydrogen-bond acceptors (Lipinski definition) is 2. The van der Waals surface area contributed by atoms with Gasteiger partial charge in [0.1, 0.15) is 0 Å². The summed E-state index contributed by atoms with van der Waals surface area (Å²) in [6.45, 7) is 2.09. The lowest BCUT2D eigenvalue weighted by atomic mass is 10.0. The van der Waals surface area contributed by atoms with Gasteiger partial charge in [-0.3, -0.25) is 0 Å². The van der Waals surface area contributed by atoms with E-state index in [1.807, 2.05) is 6.07 Å². The highest BCUT2D eigenvalue weighted by Gasteiger charge is 2.08. The second-order valence-electron chi connectivity index (χ2n) is 3.41. The van der Waals surface area contributed by atoms with Crippen molar-refractivity contribution in [3.8, 4) is 0 Å². The molecule has 1 heterocycles. The Morgan fingerprint density at radius 3 is 2.60 bits per heavy atom. The Kier molecular flexibility index (Phi) is 4.33. The predicted molar refractivity (Wildman–Crippen MR) is 68.8 cm³/mol. The van der Waals surface area contributed by atoms with E-state index in [-0.39, 0.29) is 18.4 Å². The van der Waals surface area contributed by atoms with Gasteiger partial charge in [-0.25, -0.2) is 0 Å². The highest BCUT2D eigenvalue weighted by Crippen LogP contribution is 2.23. The molecule has 3 heteroatoms. The van der Waals surface area contributed by atoms with Crippen molar-refractivity contribution in [2.45, 2.75) is 13.0 Å². The first-order valence-electron chi connectivity index (χ1n) is 4.63. The van der Waals surface area contributed by atoms with E-state index in [9.17, 15) is 0 Å². The third-order valence-electron chi connectivity index (χ3n) is 2.25. The van der Waals surface area contributed by atoms with Crippen LogP contribution in [-0.2, 0) is 0 Å². The highest BCUT2D eigenvalue weighted by molar-refractivity contribution is 7.10. The molecule has 2 N–H and O–H groups in total. The molecular formula is C12H14ClNS. The third-order valence-corrected chi connectivity index (χ3v) is 3.21. The van der Waals surface area contributed by atoms with E-state index in [0.29, 0.717) is 0 Å². The topological polar surface area (TPSA) is 26.0 Å². The zero-order valence-electron chi connectivity index (χ0n) is 8.51. The lowest BCUT2D eigenvalue weighted by molar-refractivity contribution is 0.891. The van der Waals surface area contributed by atoms with Crippen molar-refractivity contribution in [1.82, 2.24) is 0 Å². The minimum Gasteiger partial charge on any atom is -0.320 e. The Hall–Kier alpha value is -0.830. The molecule has 80 valence electrons. The van der Waals surface area contributed by atoms with Gasteiger partial charge < -0.3 is 5.73 Å². The van der Waals surface area contributed by atoms with Crippen LogP contribution >= 0.6 is 23.7 Å². The first-order valence-corrected chi connectivity index (χ1v) is 5.51. The molecule has 0 amide bonds. The summed E-state index contributed by atoms with van der Waals surface area (Å²) in [4.78, 5) is 1.22. The fourth-order valence-corrected chi connectivity index (χ4v) is 2.25. The van der Waals surface area contributed by atoms with Crippen LogP contribution in [0.25, 0.3) is 0 Å². The number of rotatable bonds is 2. The average Bonchev–Trinajstić information content (AvgIpc) is 2.69. The molecule has 0 fully saturated rings. The van der Waals surface area contributed by atoms with Gasteiger partial charge in [-0.1, -0.05) is 35.9 Å². The smallest absolute Gasteiger partial charge is 0.0646 e. The van der Waals surface area contributed by atoms with Crippen LogP contribution in [0.5, 0.6) is 0 Å². The van der Waals surface area contributed by atoms with Crippen molar-refractivity contribution >= 4 is 23.7 Å². The van der Waals surface area contributed by atoms with Crippen LogP contribution in [0.4, 0.5) is 0 Å². The summed E-state index contributed by atoms with van der Waals surface area (Å²) < 4.78 is 0. The SMILES string of the molecule is Cc1cccc(C(N)c2cccs2)c1.Cl. The number of thiophene rings is 1. The molecular weight excluding hydrogens is 226 g/mol.